The van der Waals surface area contributed by atoms with E-state index >= 15 is 0 Å². The Hall–Kier alpha value is 0.620. The normalized spacial score (nSPS) is 30.5. The summed E-state index contributed by atoms with van der Waals surface area (Å²) in [5.41, 5.74) is -3.12. The standard InChI is InChI=1S/C40H74O11S2.Na.H/c1-5-7-9-11-13-15-17-19-21-23-25-35(3,52(41,42)43)37(27-31-47-37)39(29-33-49-39)51-40(30-34-50-40)38(28-32-48-38)36(4,53(44,45)46)26-24-22-20-18-16-14-12-10-8-6-2;;/h5-34H2,1-4H3,(H,41,42,43)(H,44,45,46);;. The Balaban J connectivity index is 0.00000784. The third-order valence-electron chi connectivity index (χ3n) is 13.6. The molecule has 0 bridgehead atoms. The molecule has 314 valence electrons. The van der Waals surface area contributed by atoms with Crippen LogP contribution in [0.15, 0.2) is 0 Å². The first kappa shape index (κ1) is 49.0. The fourth-order valence-electron chi connectivity index (χ4n) is 9.64. The van der Waals surface area contributed by atoms with Gasteiger partial charge in [-0.15, -0.1) is 0 Å². The molecule has 0 aromatic rings. The van der Waals surface area contributed by atoms with Crippen LogP contribution in [0.5, 0.6) is 0 Å². The Morgan fingerprint density at radius 3 is 0.907 bits per heavy atom. The summed E-state index contributed by atoms with van der Waals surface area (Å²) in [5.74, 6) is -3.28. The Morgan fingerprint density at radius 1 is 0.481 bits per heavy atom. The van der Waals surface area contributed by atoms with Crippen molar-refractivity contribution in [2.45, 2.75) is 227 Å². The Kier molecular flexibility index (Phi) is 19.3. The molecule has 0 saturated carbocycles. The van der Waals surface area contributed by atoms with Crippen LogP contribution in [0.25, 0.3) is 0 Å². The minimum absolute atomic E-state index is 0. The minimum atomic E-state index is -4.70. The van der Waals surface area contributed by atoms with Gasteiger partial charge in [-0.25, -0.2) is 0 Å². The predicted molar refractivity (Wildman–Crippen MR) is 214 cm³/mol. The van der Waals surface area contributed by atoms with Gasteiger partial charge in [-0.2, -0.15) is 16.8 Å². The van der Waals surface area contributed by atoms with Gasteiger partial charge in [0, 0.05) is 25.7 Å². The van der Waals surface area contributed by atoms with Crippen molar-refractivity contribution in [2.24, 2.45) is 0 Å². The van der Waals surface area contributed by atoms with Crippen LogP contribution in [-0.4, -0.2) is 114 Å². The fraction of sp³-hybridized carbons (Fsp3) is 1.00. The van der Waals surface area contributed by atoms with Gasteiger partial charge in [-0.1, -0.05) is 142 Å². The zero-order chi connectivity index (χ0) is 38.7. The molecule has 4 aliphatic heterocycles. The molecule has 0 spiro atoms. The summed E-state index contributed by atoms with van der Waals surface area (Å²) in [6.07, 6.45) is 23.0. The van der Waals surface area contributed by atoms with Gasteiger partial charge in [0.15, 0.2) is 0 Å². The van der Waals surface area contributed by atoms with Gasteiger partial charge < -0.3 is 23.7 Å². The van der Waals surface area contributed by atoms with Crippen LogP contribution in [0.1, 0.15) is 195 Å². The fourth-order valence-corrected chi connectivity index (χ4v) is 11.9. The molecule has 6 unspecified atom stereocenters. The Labute approximate surface area is 350 Å². The topological polar surface area (TPSA) is 155 Å². The van der Waals surface area contributed by atoms with E-state index in [1.54, 1.807) is 0 Å². The molecule has 4 rings (SSSR count). The molecule has 0 aromatic carbocycles. The van der Waals surface area contributed by atoms with Crippen LogP contribution in [0.4, 0.5) is 0 Å². The van der Waals surface area contributed by atoms with Gasteiger partial charge >= 0.3 is 29.6 Å². The molecule has 0 aromatic heterocycles. The van der Waals surface area contributed by atoms with Gasteiger partial charge in [0.2, 0.25) is 11.6 Å². The van der Waals surface area contributed by atoms with Gasteiger partial charge in [0.05, 0.1) is 26.4 Å². The number of unbranched alkanes of at least 4 members (excludes halogenated alkanes) is 18. The summed E-state index contributed by atoms with van der Waals surface area (Å²) >= 11 is 0. The molecule has 0 radical (unpaired) electrons. The van der Waals surface area contributed by atoms with Crippen molar-refractivity contribution < 1.29 is 49.6 Å². The van der Waals surface area contributed by atoms with E-state index < -0.39 is 52.5 Å². The van der Waals surface area contributed by atoms with Crippen molar-refractivity contribution in [3.05, 3.63) is 0 Å². The summed E-state index contributed by atoms with van der Waals surface area (Å²) in [6.45, 7) is 8.53. The summed E-state index contributed by atoms with van der Waals surface area (Å²) in [6, 6.07) is 0. The molecule has 0 amide bonds. The quantitative estimate of drug-likeness (QED) is 0.0406. The van der Waals surface area contributed by atoms with E-state index in [0.717, 1.165) is 51.4 Å². The van der Waals surface area contributed by atoms with E-state index in [1.165, 1.54) is 78.1 Å². The van der Waals surface area contributed by atoms with E-state index in [2.05, 4.69) is 13.8 Å². The molecule has 0 aliphatic carbocycles. The van der Waals surface area contributed by atoms with Crippen molar-refractivity contribution in [3.63, 3.8) is 0 Å². The second kappa shape index (κ2) is 21.2. The first-order valence-corrected chi connectivity index (χ1v) is 24.2. The average molecular weight is 819 g/mol. The van der Waals surface area contributed by atoms with Crippen LogP contribution in [-0.2, 0) is 43.9 Å². The average Bonchev–Trinajstić information content (AvgIpc) is 3.01. The predicted octanol–water partition coefficient (Wildman–Crippen LogP) is 8.82. The molecular weight excluding hydrogens is 744 g/mol. The molecular formula is C40H75NaO11S2. The van der Waals surface area contributed by atoms with Crippen molar-refractivity contribution >= 4 is 49.8 Å². The number of rotatable bonds is 30. The SMILES string of the molecule is CCCCCCCCCCCCC(C)(C1(C2(OC3(C4(C(C)(CCCCCCCCCCCC)S(=O)(=O)O)CCO4)CCO3)CCO2)CCO1)S(=O)(=O)O.[NaH]. The molecule has 6 atom stereocenters. The van der Waals surface area contributed by atoms with Crippen molar-refractivity contribution in [2.75, 3.05) is 26.4 Å². The first-order valence-electron chi connectivity index (χ1n) is 21.4. The first-order chi connectivity index (χ1) is 25.2. The zero-order valence-corrected chi connectivity index (χ0v) is 35.2. The summed E-state index contributed by atoms with van der Waals surface area (Å²) in [5, 5.41) is 0. The number of hydrogen-bond acceptors (Lipinski definition) is 9. The number of hydrogen-bond donors (Lipinski definition) is 2. The number of ether oxygens (including phenoxy) is 5. The molecule has 14 heteroatoms. The zero-order valence-electron chi connectivity index (χ0n) is 33.6. The summed E-state index contributed by atoms with van der Waals surface area (Å²) in [4.78, 5) is 0. The van der Waals surface area contributed by atoms with Crippen LogP contribution in [0.3, 0.4) is 0 Å². The van der Waals surface area contributed by atoms with Crippen LogP contribution in [0, 0.1) is 0 Å². The monoisotopic (exact) mass is 818 g/mol. The van der Waals surface area contributed by atoms with Crippen LogP contribution >= 0.6 is 0 Å². The summed E-state index contributed by atoms with van der Waals surface area (Å²) < 4.78 is 104. The van der Waals surface area contributed by atoms with Crippen LogP contribution < -0.4 is 0 Å². The van der Waals surface area contributed by atoms with Crippen molar-refractivity contribution in [1.82, 2.24) is 0 Å². The Morgan fingerprint density at radius 2 is 0.722 bits per heavy atom. The van der Waals surface area contributed by atoms with Crippen molar-refractivity contribution in [1.29, 1.82) is 0 Å². The van der Waals surface area contributed by atoms with Gasteiger partial charge in [0.25, 0.3) is 20.2 Å². The maximum absolute atomic E-state index is 13.4. The van der Waals surface area contributed by atoms with Crippen LogP contribution in [0.2, 0.25) is 0 Å². The molecule has 4 heterocycles. The second-order valence-electron chi connectivity index (χ2n) is 16.9. The third kappa shape index (κ3) is 9.96. The third-order valence-corrected chi connectivity index (χ3v) is 16.9. The molecule has 2 N–H and O–H groups in total. The van der Waals surface area contributed by atoms with E-state index in [9.17, 15) is 25.9 Å². The molecule has 4 fully saturated rings. The van der Waals surface area contributed by atoms with E-state index in [1.807, 2.05) is 0 Å². The Bertz CT molecular complexity index is 1230. The van der Waals surface area contributed by atoms with Gasteiger partial charge in [-0.3, -0.25) is 9.11 Å². The second-order valence-corrected chi connectivity index (χ2v) is 20.6. The van der Waals surface area contributed by atoms with E-state index in [4.69, 9.17) is 23.7 Å². The maximum atomic E-state index is 13.4. The van der Waals surface area contributed by atoms with E-state index in [-0.39, 0.29) is 94.5 Å². The molecule has 54 heavy (non-hydrogen) atoms. The molecule has 4 saturated heterocycles. The van der Waals surface area contributed by atoms with Crippen molar-refractivity contribution in [3.8, 4) is 0 Å². The van der Waals surface area contributed by atoms with Gasteiger partial charge in [0.1, 0.15) is 20.7 Å². The molecule has 11 nitrogen and oxygen atoms in total. The summed E-state index contributed by atoms with van der Waals surface area (Å²) in [7, 11) is -9.39. The van der Waals surface area contributed by atoms with Gasteiger partial charge in [-0.05, 0) is 26.7 Å². The molecule has 4 aliphatic rings. The van der Waals surface area contributed by atoms with E-state index in [0.29, 0.717) is 12.8 Å².